The van der Waals surface area contributed by atoms with Crippen molar-refractivity contribution in [2.45, 2.75) is 24.8 Å². The zero-order valence-electron chi connectivity index (χ0n) is 22.2. The quantitative estimate of drug-likeness (QED) is 0.301. The van der Waals surface area contributed by atoms with Gasteiger partial charge in [0.15, 0.2) is 11.5 Å². The monoisotopic (exact) mass is 548 g/mol. The fourth-order valence-corrected chi connectivity index (χ4v) is 5.20. The van der Waals surface area contributed by atoms with Crippen molar-refractivity contribution in [3.05, 3.63) is 70.4 Å². The van der Waals surface area contributed by atoms with E-state index in [4.69, 9.17) is 34.4 Å². The molecule has 1 atom stereocenters. The molecule has 0 saturated heterocycles. The van der Waals surface area contributed by atoms with Crippen LogP contribution >= 0.6 is 11.8 Å². The van der Waals surface area contributed by atoms with Crippen molar-refractivity contribution in [2.24, 2.45) is 5.73 Å². The zero-order valence-corrected chi connectivity index (χ0v) is 23.0. The van der Waals surface area contributed by atoms with E-state index >= 15 is 0 Å². The number of para-hydroxylation sites is 2. The van der Waals surface area contributed by atoms with Crippen LogP contribution in [0, 0.1) is 18.3 Å². The van der Waals surface area contributed by atoms with Crippen LogP contribution in [0.5, 0.6) is 17.2 Å². The molecule has 202 valence electrons. The Morgan fingerprint density at radius 2 is 1.74 bits per heavy atom. The van der Waals surface area contributed by atoms with Crippen molar-refractivity contribution in [3.63, 3.8) is 0 Å². The number of carbonyl (C=O) groups excluding carboxylic acids is 1. The smallest absolute Gasteiger partial charge is 0.338 e. The van der Waals surface area contributed by atoms with E-state index < -0.39 is 11.9 Å². The molecule has 0 bridgehead atoms. The van der Waals surface area contributed by atoms with Crippen LogP contribution in [0.4, 0.5) is 0 Å². The third-order valence-electron chi connectivity index (χ3n) is 6.05. The molecule has 3 aromatic rings. The maximum absolute atomic E-state index is 13.4. The molecule has 39 heavy (non-hydrogen) atoms. The van der Waals surface area contributed by atoms with Crippen LogP contribution in [0.2, 0.25) is 0 Å². The molecule has 0 amide bonds. The lowest BCUT2D eigenvalue weighted by atomic mass is 9.82. The molecule has 0 radical (unpaired) electrons. The van der Waals surface area contributed by atoms with Gasteiger partial charge >= 0.3 is 5.97 Å². The molecule has 11 heteroatoms. The second-order valence-corrected chi connectivity index (χ2v) is 9.30. The van der Waals surface area contributed by atoms with Gasteiger partial charge < -0.3 is 29.4 Å². The molecule has 0 aliphatic carbocycles. The van der Waals surface area contributed by atoms with Crippen LogP contribution in [0.25, 0.3) is 11.0 Å². The Morgan fingerprint density at radius 3 is 2.31 bits per heavy atom. The standard InChI is InChI=1S/C28H28N4O6S/c1-6-37-28(33)24-22(14-39-27-15(2)31-18-9-7-8-10-19(18)32-27)38-26(30)17(13-29)23(24)16-11-20(34-3)25(36-5)21(12-16)35-4/h7-12,23H,6,14,30H2,1-5H3. The van der Waals surface area contributed by atoms with E-state index in [9.17, 15) is 10.1 Å². The van der Waals surface area contributed by atoms with Crippen molar-refractivity contribution in [1.82, 2.24) is 9.97 Å². The number of aryl methyl sites for hydroxylation is 1. The number of nitriles is 1. The fraction of sp³-hybridized carbons (Fsp3) is 0.286. The van der Waals surface area contributed by atoms with Gasteiger partial charge in [-0.15, -0.1) is 0 Å². The number of methoxy groups -OCH3 is 3. The molecule has 1 unspecified atom stereocenters. The van der Waals surface area contributed by atoms with Gasteiger partial charge in [0.1, 0.15) is 22.4 Å². The summed E-state index contributed by atoms with van der Waals surface area (Å²) in [5.41, 5.74) is 9.22. The van der Waals surface area contributed by atoms with Crippen molar-refractivity contribution in [2.75, 3.05) is 33.7 Å². The molecule has 0 saturated carbocycles. The van der Waals surface area contributed by atoms with Gasteiger partial charge in [0.25, 0.3) is 0 Å². The number of hydrogen-bond donors (Lipinski definition) is 1. The number of ether oxygens (including phenoxy) is 5. The number of aromatic nitrogens is 2. The molecule has 2 aromatic carbocycles. The van der Waals surface area contributed by atoms with Gasteiger partial charge in [0.05, 0.1) is 61.9 Å². The first kappa shape index (κ1) is 27.6. The number of benzene rings is 2. The Bertz CT molecular complexity index is 1500. The molecule has 1 aliphatic heterocycles. The zero-order chi connectivity index (χ0) is 28.1. The van der Waals surface area contributed by atoms with Crippen LogP contribution < -0.4 is 19.9 Å². The van der Waals surface area contributed by atoms with Crippen LogP contribution in [0.1, 0.15) is 24.1 Å². The summed E-state index contributed by atoms with van der Waals surface area (Å²) in [5.74, 6) is -0.129. The first-order chi connectivity index (χ1) is 18.9. The lowest BCUT2D eigenvalue weighted by molar-refractivity contribution is -0.139. The van der Waals surface area contributed by atoms with Gasteiger partial charge in [0.2, 0.25) is 11.6 Å². The van der Waals surface area contributed by atoms with E-state index in [0.29, 0.717) is 27.8 Å². The Labute approximate surface area is 230 Å². The van der Waals surface area contributed by atoms with E-state index in [0.717, 1.165) is 16.7 Å². The number of esters is 1. The second kappa shape index (κ2) is 12.0. The lowest BCUT2D eigenvalue weighted by Crippen LogP contribution is -2.27. The number of nitrogens with two attached hydrogens (primary N) is 1. The summed E-state index contributed by atoms with van der Waals surface area (Å²) < 4.78 is 27.8. The average Bonchev–Trinajstić information content (AvgIpc) is 2.94. The van der Waals surface area contributed by atoms with E-state index in [1.807, 2.05) is 31.2 Å². The molecule has 0 fully saturated rings. The highest BCUT2D eigenvalue weighted by Gasteiger charge is 2.38. The minimum absolute atomic E-state index is 0.0581. The third kappa shape index (κ3) is 5.42. The summed E-state index contributed by atoms with van der Waals surface area (Å²) >= 11 is 1.34. The number of nitrogens with zero attached hydrogens (tertiary/aromatic N) is 3. The first-order valence-corrected chi connectivity index (χ1v) is 13.0. The van der Waals surface area contributed by atoms with Crippen molar-refractivity contribution >= 4 is 28.8 Å². The van der Waals surface area contributed by atoms with E-state index in [1.165, 1.54) is 33.1 Å². The molecule has 1 aromatic heterocycles. The highest BCUT2D eigenvalue weighted by Crippen LogP contribution is 2.46. The third-order valence-corrected chi connectivity index (χ3v) is 7.12. The Balaban J connectivity index is 1.84. The van der Waals surface area contributed by atoms with Gasteiger partial charge in [-0.2, -0.15) is 5.26 Å². The number of allylic oxidation sites excluding steroid dienone is 1. The van der Waals surface area contributed by atoms with E-state index in [1.54, 1.807) is 19.1 Å². The molecule has 10 nitrogen and oxygen atoms in total. The van der Waals surface area contributed by atoms with Crippen LogP contribution in [-0.2, 0) is 14.3 Å². The summed E-state index contributed by atoms with van der Waals surface area (Å²) in [6.07, 6.45) is 0. The van der Waals surface area contributed by atoms with Gasteiger partial charge in [0, 0.05) is 0 Å². The highest BCUT2D eigenvalue weighted by molar-refractivity contribution is 7.99. The molecule has 2 heterocycles. The average molecular weight is 549 g/mol. The summed E-state index contributed by atoms with van der Waals surface area (Å²) in [7, 11) is 4.46. The predicted molar refractivity (Wildman–Crippen MR) is 145 cm³/mol. The number of rotatable bonds is 9. The predicted octanol–water partition coefficient (Wildman–Crippen LogP) is 4.38. The number of fused-ring (bicyclic) bond motifs is 1. The summed E-state index contributed by atoms with van der Waals surface area (Å²) in [6, 6.07) is 13.0. The van der Waals surface area contributed by atoms with Crippen LogP contribution in [0.15, 0.2) is 64.2 Å². The Morgan fingerprint density at radius 1 is 1.10 bits per heavy atom. The summed E-state index contributed by atoms with van der Waals surface area (Å²) in [5, 5.41) is 10.7. The van der Waals surface area contributed by atoms with Gasteiger partial charge in [-0.3, -0.25) is 0 Å². The normalized spacial score (nSPS) is 15.0. The molecule has 2 N–H and O–H groups in total. The van der Waals surface area contributed by atoms with E-state index in [2.05, 4.69) is 11.1 Å². The second-order valence-electron chi connectivity index (χ2n) is 8.33. The summed E-state index contributed by atoms with van der Waals surface area (Å²) in [6.45, 7) is 3.69. The molecular formula is C28H28N4O6S. The highest BCUT2D eigenvalue weighted by atomic mass is 32.2. The van der Waals surface area contributed by atoms with Crippen LogP contribution in [-0.4, -0.2) is 49.6 Å². The van der Waals surface area contributed by atoms with Gasteiger partial charge in [-0.25, -0.2) is 14.8 Å². The van der Waals surface area contributed by atoms with Gasteiger partial charge in [-0.05, 0) is 43.7 Å². The van der Waals surface area contributed by atoms with Crippen molar-refractivity contribution in [3.8, 4) is 23.3 Å². The summed E-state index contributed by atoms with van der Waals surface area (Å²) in [4.78, 5) is 22.7. The maximum atomic E-state index is 13.4. The van der Waals surface area contributed by atoms with Crippen LogP contribution in [0.3, 0.4) is 0 Å². The Hall–Kier alpha value is -4.43. The van der Waals surface area contributed by atoms with Crippen molar-refractivity contribution < 1.29 is 28.5 Å². The Kier molecular flexibility index (Phi) is 8.46. The largest absolute Gasteiger partial charge is 0.493 e. The molecule has 1 aliphatic rings. The molecule has 4 rings (SSSR count). The SMILES string of the molecule is CCOC(=O)C1=C(CSc2nc3ccccc3nc2C)OC(N)=C(C#N)C1c1cc(OC)c(OC)c(OC)c1. The molecular weight excluding hydrogens is 520 g/mol. The van der Waals surface area contributed by atoms with Crippen molar-refractivity contribution in [1.29, 1.82) is 5.26 Å². The maximum Gasteiger partial charge on any atom is 0.338 e. The fourth-order valence-electron chi connectivity index (χ4n) is 4.30. The first-order valence-electron chi connectivity index (χ1n) is 12.0. The van der Waals surface area contributed by atoms with Gasteiger partial charge in [-0.1, -0.05) is 23.9 Å². The minimum atomic E-state index is -0.907. The topological polar surface area (TPSA) is 139 Å². The number of carbonyl (C=O) groups is 1. The van der Waals surface area contributed by atoms with E-state index in [-0.39, 0.29) is 35.1 Å². The molecule has 0 spiro atoms. The lowest BCUT2D eigenvalue weighted by Gasteiger charge is -2.28. The minimum Gasteiger partial charge on any atom is -0.493 e. The number of hydrogen-bond acceptors (Lipinski definition) is 11. The number of thioether (sulfide) groups is 1.